The van der Waals surface area contributed by atoms with E-state index in [0.717, 1.165) is 19.6 Å². The summed E-state index contributed by atoms with van der Waals surface area (Å²) in [5.41, 5.74) is 5.97. The van der Waals surface area contributed by atoms with Crippen molar-refractivity contribution in [2.45, 2.75) is 32.3 Å². The summed E-state index contributed by atoms with van der Waals surface area (Å²) in [4.78, 5) is 0. The van der Waals surface area contributed by atoms with Gasteiger partial charge in [0.15, 0.2) is 0 Å². The predicted octanol–water partition coefficient (Wildman–Crippen LogP) is 1.17. The molecule has 1 aliphatic carbocycles. The van der Waals surface area contributed by atoms with E-state index in [1.165, 1.54) is 12.8 Å². The van der Waals surface area contributed by atoms with Crippen molar-refractivity contribution in [3.63, 3.8) is 0 Å². The molecular formula is C10H21NO2. The molecule has 1 aliphatic rings. The number of nitrogens with two attached hydrogens (primary N) is 1. The van der Waals surface area contributed by atoms with Crippen LogP contribution < -0.4 is 5.73 Å². The Bertz CT molecular complexity index is 146. The van der Waals surface area contributed by atoms with Gasteiger partial charge >= 0.3 is 0 Å². The maximum atomic E-state index is 5.68. The summed E-state index contributed by atoms with van der Waals surface area (Å²) in [7, 11) is 1.70. The maximum absolute atomic E-state index is 5.68. The molecule has 3 heteroatoms. The van der Waals surface area contributed by atoms with Crippen LogP contribution in [0.25, 0.3) is 0 Å². The summed E-state index contributed by atoms with van der Waals surface area (Å²) in [6, 6.07) is 0. The molecule has 0 heterocycles. The van der Waals surface area contributed by atoms with E-state index >= 15 is 0 Å². The molecule has 2 N–H and O–H groups in total. The topological polar surface area (TPSA) is 44.5 Å². The molecule has 0 bridgehead atoms. The smallest absolute Gasteiger partial charge is 0.0780 e. The molecule has 0 aromatic carbocycles. The van der Waals surface area contributed by atoms with Crippen LogP contribution in [0.5, 0.6) is 0 Å². The van der Waals surface area contributed by atoms with E-state index in [-0.39, 0.29) is 6.10 Å². The predicted molar refractivity (Wildman–Crippen MR) is 52.6 cm³/mol. The molecule has 1 fully saturated rings. The summed E-state index contributed by atoms with van der Waals surface area (Å²) in [6.07, 6.45) is 3.88. The van der Waals surface area contributed by atoms with E-state index in [9.17, 15) is 0 Å². The number of methoxy groups -OCH3 is 1. The lowest BCUT2D eigenvalue weighted by Gasteiger charge is -2.18. The zero-order valence-corrected chi connectivity index (χ0v) is 8.71. The van der Waals surface area contributed by atoms with Crippen molar-refractivity contribution in [1.29, 1.82) is 0 Å². The van der Waals surface area contributed by atoms with Gasteiger partial charge in [-0.15, -0.1) is 0 Å². The molecule has 0 spiro atoms. The Labute approximate surface area is 80.6 Å². The first-order valence-electron chi connectivity index (χ1n) is 5.03. The van der Waals surface area contributed by atoms with Crippen LogP contribution in [-0.4, -0.2) is 33.0 Å². The van der Waals surface area contributed by atoms with E-state index in [2.05, 4.69) is 0 Å². The van der Waals surface area contributed by atoms with Gasteiger partial charge < -0.3 is 15.2 Å². The molecule has 1 saturated carbocycles. The number of hydrogen-bond acceptors (Lipinski definition) is 3. The Hall–Kier alpha value is -0.120. The quantitative estimate of drug-likeness (QED) is 0.650. The molecule has 0 amide bonds. The van der Waals surface area contributed by atoms with Gasteiger partial charge in [0.05, 0.1) is 19.3 Å². The van der Waals surface area contributed by atoms with E-state index < -0.39 is 0 Å². The van der Waals surface area contributed by atoms with Gasteiger partial charge in [0, 0.05) is 7.11 Å². The molecule has 0 aromatic heterocycles. The molecule has 0 aromatic rings. The summed E-state index contributed by atoms with van der Waals surface area (Å²) < 4.78 is 10.7. The summed E-state index contributed by atoms with van der Waals surface area (Å²) >= 11 is 0. The van der Waals surface area contributed by atoms with Crippen molar-refractivity contribution >= 4 is 0 Å². The van der Waals surface area contributed by atoms with Crippen molar-refractivity contribution in [3.8, 4) is 0 Å². The van der Waals surface area contributed by atoms with Gasteiger partial charge in [0.2, 0.25) is 0 Å². The zero-order valence-electron chi connectivity index (χ0n) is 8.71. The molecule has 1 atom stereocenters. The lowest BCUT2D eigenvalue weighted by atomic mass is 10.0. The molecule has 0 aliphatic heterocycles. The van der Waals surface area contributed by atoms with Crippen molar-refractivity contribution in [1.82, 2.24) is 0 Å². The van der Waals surface area contributed by atoms with Gasteiger partial charge in [-0.05, 0) is 38.1 Å². The Kier molecular flexibility index (Phi) is 4.16. The third-order valence-electron chi connectivity index (χ3n) is 2.71. The van der Waals surface area contributed by atoms with E-state index in [1.807, 2.05) is 6.92 Å². The molecule has 0 radical (unpaired) electrons. The lowest BCUT2D eigenvalue weighted by Crippen LogP contribution is -2.22. The number of hydrogen-bond donors (Lipinski definition) is 1. The average molecular weight is 187 g/mol. The van der Waals surface area contributed by atoms with Crippen molar-refractivity contribution in [2.24, 2.45) is 11.1 Å². The standard InChI is InChI=1S/C10H21NO2/c1-9(7-12-2)13-8-10(3-4-10)5-6-11/h9H,3-8,11H2,1-2H3. The first kappa shape index (κ1) is 11.0. The second-order valence-electron chi connectivity index (χ2n) is 4.12. The molecule has 0 saturated heterocycles. The van der Waals surface area contributed by atoms with Crippen LogP contribution in [0.4, 0.5) is 0 Å². The third kappa shape index (κ3) is 3.63. The van der Waals surface area contributed by atoms with E-state index in [4.69, 9.17) is 15.2 Å². The second-order valence-corrected chi connectivity index (χ2v) is 4.12. The average Bonchev–Trinajstić information content (AvgIpc) is 2.84. The third-order valence-corrected chi connectivity index (χ3v) is 2.71. The van der Waals surface area contributed by atoms with Gasteiger partial charge in [-0.3, -0.25) is 0 Å². The first-order valence-corrected chi connectivity index (χ1v) is 5.03. The molecule has 78 valence electrons. The van der Waals surface area contributed by atoms with Crippen LogP contribution in [-0.2, 0) is 9.47 Å². The fraction of sp³-hybridized carbons (Fsp3) is 1.00. The van der Waals surface area contributed by atoms with Crippen LogP contribution in [0.15, 0.2) is 0 Å². The van der Waals surface area contributed by atoms with Gasteiger partial charge in [0.1, 0.15) is 0 Å². The normalized spacial score (nSPS) is 21.5. The van der Waals surface area contributed by atoms with Gasteiger partial charge in [-0.1, -0.05) is 0 Å². The molecule has 1 rings (SSSR count). The monoisotopic (exact) mass is 187 g/mol. The minimum atomic E-state index is 0.209. The molecular weight excluding hydrogens is 166 g/mol. The Morgan fingerprint density at radius 3 is 2.62 bits per heavy atom. The summed E-state index contributed by atoms with van der Waals surface area (Å²) in [5.74, 6) is 0. The Balaban J connectivity index is 2.10. The van der Waals surface area contributed by atoms with Gasteiger partial charge in [-0.2, -0.15) is 0 Å². The largest absolute Gasteiger partial charge is 0.382 e. The minimum absolute atomic E-state index is 0.209. The lowest BCUT2D eigenvalue weighted by molar-refractivity contribution is -0.0125. The summed E-state index contributed by atoms with van der Waals surface area (Å²) in [6.45, 7) is 4.36. The van der Waals surface area contributed by atoms with Crippen LogP contribution in [0.1, 0.15) is 26.2 Å². The summed E-state index contributed by atoms with van der Waals surface area (Å²) in [5, 5.41) is 0. The SMILES string of the molecule is COCC(C)OCC1(CCN)CC1. The van der Waals surface area contributed by atoms with Crippen molar-refractivity contribution < 1.29 is 9.47 Å². The van der Waals surface area contributed by atoms with Crippen molar-refractivity contribution in [3.05, 3.63) is 0 Å². The van der Waals surface area contributed by atoms with Gasteiger partial charge in [-0.25, -0.2) is 0 Å². The first-order chi connectivity index (χ1) is 6.22. The van der Waals surface area contributed by atoms with E-state index in [0.29, 0.717) is 12.0 Å². The maximum Gasteiger partial charge on any atom is 0.0780 e. The minimum Gasteiger partial charge on any atom is -0.382 e. The number of ether oxygens (including phenoxy) is 2. The highest BCUT2D eigenvalue weighted by atomic mass is 16.5. The Morgan fingerprint density at radius 1 is 1.46 bits per heavy atom. The molecule has 3 nitrogen and oxygen atoms in total. The van der Waals surface area contributed by atoms with Gasteiger partial charge in [0.25, 0.3) is 0 Å². The fourth-order valence-electron chi connectivity index (χ4n) is 1.55. The second kappa shape index (κ2) is 4.94. The highest BCUT2D eigenvalue weighted by molar-refractivity contribution is 4.93. The van der Waals surface area contributed by atoms with Crippen LogP contribution in [0.3, 0.4) is 0 Å². The fourth-order valence-corrected chi connectivity index (χ4v) is 1.55. The molecule has 13 heavy (non-hydrogen) atoms. The number of rotatable bonds is 7. The Morgan fingerprint density at radius 2 is 2.15 bits per heavy atom. The van der Waals surface area contributed by atoms with Crippen LogP contribution in [0, 0.1) is 5.41 Å². The van der Waals surface area contributed by atoms with Crippen LogP contribution in [0.2, 0.25) is 0 Å². The molecule has 1 unspecified atom stereocenters. The van der Waals surface area contributed by atoms with Crippen molar-refractivity contribution in [2.75, 3.05) is 26.9 Å². The highest BCUT2D eigenvalue weighted by Crippen LogP contribution is 2.48. The van der Waals surface area contributed by atoms with E-state index in [1.54, 1.807) is 7.11 Å². The van der Waals surface area contributed by atoms with Crippen LogP contribution >= 0.6 is 0 Å². The highest BCUT2D eigenvalue weighted by Gasteiger charge is 2.42. The zero-order chi connectivity index (χ0) is 9.73.